The molecule has 0 atom stereocenters. The number of hydrogen-bond acceptors (Lipinski definition) is 4. The van der Waals surface area contributed by atoms with Crippen molar-refractivity contribution in [2.75, 3.05) is 5.73 Å². The number of benzene rings is 1. The van der Waals surface area contributed by atoms with Crippen molar-refractivity contribution in [2.24, 2.45) is 5.73 Å². The molecule has 0 saturated carbocycles. The molecule has 0 bridgehead atoms. The number of aliphatic hydroxyl groups excluding tert-OH is 1. The molecule has 1 aromatic heterocycles. The molecule has 1 heterocycles. The van der Waals surface area contributed by atoms with Crippen molar-refractivity contribution >= 4 is 22.2 Å². The Morgan fingerprint density at radius 3 is 2.41 bits per heavy atom. The van der Waals surface area contributed by atoms with Gasteiger partial charge in [0.05, 0.1) is 17.2 Å². The van der Waals surface area contributed by atoms with Crippen molar-refractivity contribution in [1.29, 1.82) is 0 Å². The summed E-state index contributed by atoms with van der Waals surface area (Å²) >= 11 is 1.32. The summed E-state index contributed by atoms with van der Waals surface area (Å²) in [6.45, 7) is 0.0133. The number of hydrogen-bond donors (Lipinski definition) is 3. The normalized spacial score (nSPS) is 10.4. The molecular formula is C12H12N2O2S. The van der Waals surface area contributed by atoms with E-state index >= 15 is 0 Å². The van der Waals surface area contributed by atoms with E-state index in [9.17, 15) is 4.79 Å². The maximum absolute atomic E-state index is 11.1. The van der Waals surface area contributed by atoms with Crippen LogP contribution in [0.3, 0.4) is 0 Å². The molecule has 0 spiro atoms. The van der Waals surface area contributed by atoms with Gasteiger partial charge in [-0.15, -0.1) is 11.3 Å². The SMILES string of the molecule is NC(=O)c1cc(-c2ccc(CO)cc2)sc1N. The van der Waals surface area contributed by atoms with E-state index in [1.165, 1.54) is 11.3 Å². The molecule has 0 aliphatic carbocycles. The highest BCUT2D eigenvalue weighted by Gasteiger charge is 2.11. The lowest BCUT2D eigenvalue weighted by Crippen LogP contribution is -2.11. The van der Waals surface area contributed by atoms with E-state index < -0.39 is 5.91 Å². The number of nitrogens with two attached hydrogens (primary N) is 2. The zero-order chi connectivity index (χ0) is 12.4. The third-order valence-electron chi connectivity index (χ3n) is 2.45. The molecule has 0 radical (unpaired) electrons. The molecule has 2 rings (SSSR count). The minimum absolute atomic E-state index is 0.0133. The van der Waals surface area contributed by atoms with Crippen LogP contribution in [0.15, 0.2) is 30.3 Å². The second-order valence-electron chi connectivity index (χ2n) is 3.61. The Morgan fingerprint density at radius 1 is 1.29 bits per heavy atom. The second kappa shape index (κ2) is 4.57. The van der Waals surface area contributed by atoms with E-state index in [1.54, 1.807) is 6.07 Å². The summed E-state index contributed by atoms with van der Waals surface area (Å²) in [4.78, 5) is 12.0. The van der Waals surface area contributed by atoms with Gasteiger partial charge in [0.1, 0.15) is 0 Å². The Hall–Kier alpha value is -1.85. The zero-order valence-corrected chi connectivity index (χ0v) is 9.83. The Kier molecular flexibility index (Phi) is 3.12. The summed E-state index contributed by atoms with van der Waals surface area (Å²) in [7, 11) is 0. The molecule has 1 aromatic carbocycles. The molecule has 4 nitrogen and oxygen atoms in total. The van der Waals surface area contributed by atoms with Crippen LogP contribution in [0.1, 0.15) is 15.9 Å². The van der Waals surface area contributed by atoms with Crippen molar-refractivity contribution in [3.05, 3.63) is 41.5 Å². The van der Waals surface area contributed by atoms with Gasteiger partial charge in [-0.3, -0.25) is 4.79 Å². The largest absolute Gasteiger partial charge is 0.392 e. The van der Waals surface area contributed by atoms with E-state index in [0.29, 0.717) is 10.6 Å². The van der Waals surface area contributed by atoms with Gasteiger partial charge < -0.3 is 16.6 Å². The highest BCUT2D eigenvalue weighted by atomic mass is 32.1. The molecule has 0 unspecified atom stereocenters. The lowest BCUT2D eigenvalue weighted by atomic mass is 10.1. The van der Waals surface area contributed by atoms with E-state index in [1.807, 2.05) is 24.3 Å². The van der Waals surface area contributed by atoms with Gasteiger partial charge in [0.15, 0.2) is 0 Å². The van der Waals surface area contributed by atoms with Gasteiger partial charge in [-0.25, -0.2) is 0 Å². The fourth-order valence-corrected chi connectivity index (χ4v) is 2.45. The molecule has 88 valence electrons. The number of nitrogen functional groups attached to an aromatic ring is 1. The summed E-state index contributed by atoms with van der Waals surface area (Å²) < 4.78 is 0. The van der Waals surface area contributed by atoms with Crippen molar-refractivity contribution in [2.45, 2.75) is 6.61 Å². The van der Waals surface area contributed by atoms with Gasteiger partial charge >= 0.3 is 0 Å². The van der Waals surface area contributed by atoms with Crippen LogP contribution in [0.4, 0.5) is 5.00 Å². The molecule has 0 fully saturated rings. The average molecular weight is 248 g/mol. The second-order valence-corrected chi connectivity index (χ2v) is 4.69. The van der Waals surface area contributed by atoms with Crippen LogP contribution in [-0.4, -0.2) is 11.0 Å². The number of carbonyl (C=O) groups excluding carboxylic acids is 1. The lowest BCUT2D eigenvalue weighted by molar-refractivity contribution is 0.100. The molecule has 2 aromatic rings. The maximum atomic E-state index is 11.1. The highest BCUT2D eigenvalue weighted by molar-refractivity contribution is 7.19. The monoisotopic (exact) mass is 248 g/mol. The molecule has 5 N–H and O–H groups in total. The van der Waals surface area contributed by atoms with Crippen molar-refractivity contribution < 1.29 is 9.90 Å². The average Bonchev–Trinajstić information content (AvgIpc) is 2.71. The molecule has 0 saturated heterocycles. The molecule has 17 heavy (non-hydrogen) atoms. The van der Waals surface area contributed by atoms with Crippen LogP contribution in [0.2, 0.25) is 0 Å². The van der Waals surface area contributed by atoms with Crippen LogP contribution >= 0.6 is 11.3 Å². The number of carbonyl (C=O) groups is 1. The van der Waals surface area contributed by atoms with Crippen molar-refractivity contribution in [1.82, 2.24) is 0 Å². The highest BCUT2D eigenvalue weighted by Crippen LogP contribution is 2.33. The summed E-state index contributed by atoms with van der Waals surface area (Å²) in [5, 5.41) is 9.37. The third kappa shape index (κ3) is 2.30. The predicted molar refractivity (Wildman–Crippen MR) is 68.6 cm³/mol. The van der Waals surface area contributed by atoms with E-state index in [0.717, 1.165) is 16.0 Å². The van der Waals surface area contributed by atoms with Crippen LogP contribution in [-0.2, 0) is 6.61 Å². The van der Waals surface area contributed by atoms with Gasteiger partial charge in [0, 0.05) is 4.88 Å². The molecular weight excluding hydrogens is 236 g/mol. The Morgan fingerprint density at radius 2 is 1.94 bits per heavy atom. The minimum atomic E-state index is -0.517. The first-order valence-electron chi connectivity index (χ1n) is 5.01. The van der Waals surface area contributed by atoms with Gasteiger partial charge in [0.2, 0.25) is 0 Å². The number of rotatable bonds is 3. The Labute approximate surface area is 102 Å². The minimum Gasteiger partial charge on any atom is -0.392 e. The van der Waals surface area contributed by atoms with Gasteiger partial charge in [-0.2, -0.15) is 0 Å². The summed E-state index contributed by atoms with van der Waals surface area (Å²) in [6.07, 6.45) is 0. The third-order valence-corrected chi connectivity index (χ3v) is 3.46. The van der Waals surface area contributed by atoms with Crippen molar-refractivity contribution in [3.63, 3.8) is 0 Å². The summed E-state index contributed by atoms with van der Waals surface area (Å²) in [5.41, 5.74) is 13.1. The molecule has 1 amide bonds. The fourth-order valence-electron chi connectivity index (χ4n) is 1.51. The van der Waals surface area contributed by atoms with Gasteiger partial charge in [0.25, 0.3) is 5.91 Å². The summed E-state index contributed by atoms with van der Waals surface area (Å²) in [5.74, 6) is -0.517. The topological polar surface area (TPSA) is 89.3 Å². The number of anilines is 1. The smallest absolute Gasteiger partial charge is 0.251 e. The predicted octanol–water partition coefficient (Wildman–Crippen LogP) is 1.59. The summed E-state index contributed by atoms with van der Waals surface area (Å²) in [6, 6.07) is 9.10. The van der Waals surface area contributed by atoms with Crippen LogP contribution < -0.4 is 11.5 Å². The fraction of sp³-hybridized carbons (Fsp3) is 0.0833. The molecule has 0 aliphatic rings. The number of aliphatic hydroxyl groups is 1. The quantitative estimate of drug-likeness (QED) is 0.770. The van der Waals surface area contributed by atoms with Crippen LogP contribution in [0.5, 0.6) is 0 Å². The van der Waals surface area contributed by atoms with Crippen LogP contribution in [0.25, 0.3) is 10.4 Å². The first-order valence-corrected chi connectivity index (χ1v) is 5.82. The first kappa shape index (κ1) is 11.6. The van der Waals surface area contributed by atoms with E-state index in [-0.39, 0.29) is 6.61 Å². The maximum Gasteiger partial charge on any atom is 0.251 e. The van der Waals surface area contributed by atoms with Gasteiger partial charge in [-0.1, -0.05) is 24.3 Å². The van der Waals surface area contributed by atoms with Crippen molar-refractivity contribution in [3.8, 4) is 10.4 Å². The molecule has 5 heteroatoms. The first-order chi connectivity index (χ1) is 8.11. The number of amides is 1. The number of thiophene rings is 1. The van der Waals surface area contributed by atoms with E-state index in [4.69, 9.17) is 16.6 Å². The van der Waals surface area contributed by atoms with Gasteiger partial charge in [-0.05, 0) is 17.2 Å². The van der Waals surface area contributed by atoms with E-state index in [2.05, 4.69) is 0 Å². The Balaban J connectivity index is 2.39. The Bertz CT molecular complexity index is 546. The number of primary amides is 1. The molecule has 0 aliphatic heterocycles. The zero-order valence-electron chi connectivity index (χ0n) is 9.01. The van der Waals surface area contributed by atoms with Crippen LogP contribution in [0, 0.1) is 0 Å². The lowest BCUT2D eigenvalue weighted by Gasteiger charge is -1.98. The standard InChI is InChI=1S/C12H12N2O2S/c13-11(16)9-5-10(17-12(9)14)8-3-1-7(6-15)2-4-8/h1-5,15H,6,14H2,(H2,13,16).